The van der Waals surface area contributed by atoms with Crippen molar-refractivity contribution in [2.24, 2.45) is 13.0 Å². The normalized spacial score (nSPS) is 25.3. The van der Waals surface area contributed by atoms with Gasteiger partial charge in [-0.25, -0.2) is 13.1 Å². The lowest BCUT2D eigenvalue weighted by molar-refractivity contribution is -0.137. The summed E-state index contributed by atoms with van der Waals surface area (Å²) in [6, 6.07) is 17.3. The molecule has 3 aliphatic rings. The molecule has 0 radical (unpaired) electrons. The molecule has 0 saturated heterocycles. The Morgan fingerprint density at radius 3 is 2.60 bits per heavy atom. The Labute approximate surface area is 233 Å². The number of hydrogen-bond donors (Lipinski definition) is 1. The maximum absolute atomic E-state index is 13.6. The van der Waals surface area contributed by atoms with Crippen LogP contribution in [-0.2, 0) is 33.8 Å². The Morgan fingerprint density at radius 1 is 1.12 bits per heavy atom. The second-order valence-electron chi connectivity index (χ2n) is 12.0. The first-order valence-corrected chi connectivity index (χ1v) is 15.3. The molecule has 1 N–H and O–H groups in total. The van der Waals surface area contributed by atoms with E-state index in [4.69, 9.17) is 0 Å². The number of rotatable bonds is 7. The van der Waals surface area contributed by atoms with Crippen molar-refractivity contribution >= 4 is 27.0 Å². The molecular weight excluding hydrogens is 524 g/mol. The van der Waals surface area contributed by atoms with Crippen LogP contribution in [0.3, 0.4) is 0 Å². The van der Waals surface area contributed by atoms with Crippen molar-refractivity contribution in [1.29, 1.82) is 0 Å². The summed E-state index contributed by atoms with van der Waals surface area (Å²) in [5, 5.41) is 18.6. The molecule has 9 heteroatoms. The largest absolute Gasteiger partial charge is 0.481 e. The van der Waals surface area contributed by atoms with Crippen LogP contribution in [-0.4, -0.2) is 45.3 Å². The Kier molecular flexibility index (Phi) is 5.54. The average molecular weight is 557 g/mol. The van der Waals surface area contributed by atoms with E-state index in [2.05, 4.69) is 23.3 Å². The van der Waals surface area contributed by atoms with E-state index in [1.807, 2.05) is 55.1 Å². The maximum atomic E-state index is 13.6. The number of carboxylic acids is 1. The minimum absolute atomic E-state index is 0.0729. The minimum Gasteiger partial charge on any atom is -0.481 e. The standard InChI is InChI=1S/C31H32N4O4S/c1-18-8-9-20(10-22(18)17-35-16-19(2)24-6-4-5-7-28(24)40(35,38)39)25(13-29(36)37)21-11-26(31-14-23(31)15-31)30-27(12-21)32-33-34(30)3/h4-12,19,23,25H,13-17H2,1-3H3,(H,36,37). The SMILES string of the molecule is Cc1ccc(C(CC(=O)O)c2cc(C34CC3C4)c3c(c2)nnn3C)cc1CN1CC(C)c2ccccc2S1(=O)=O. The van der Waals surface area contributed by atoms with E-state index in [1.54, 1.807) is 16.4 Å². The van der Waals surface area contributed by atoms with Gasteiger partial charge in [0.1, 0.15) is 5.52 Å². The number of hydrogen-bond acceptors (Lipinski definition) is 5. The number of nitrogens with zero attached hydrogens (tertiary/aromatic N) is 4. The van der Waals surface area contributed by atoms with Crippen molar-refractivity contribution in [3.63, 3.8) is 0 Å². The average Bonchev–Trinajstić information content (AvgIpc) is 3.77. The van der Waals surface area contributed by atoms with Crippen LogP contribution in [0.2, 0.25) is 0 Å². The molecule has 1 aliphatic heterocycles. The van der Waals surface area contributed by atoms with Gasteiger partial charge < -0.3 is 5.11 Å². The molecule has 2 aliphatic carbocycles. The number of sulfonamides is 1. The van der Waals surface area contributed by atoms with Gasteiger partial charge in [-0.1, -0.05) is 54.6 Å². The molecule has 0 amide bonds. The van der Waals surface area contributed by atoms with Gasteiger partial charge in [0, 0.05) is 31.5 Å². The molecule has 4 aromatic rings. The number of aromatic nitrogens is 3. The fraction of sp³-hybridized carbons (Fsp3) is 0.387. The minimum atomic E-state index is -3.65. The highest BCUT2D eigenvalue weighted by atomic mass is 32.2. The van der Waals surface area contributed by atoms with E-state index >= 15 is 0 Å². The summed E-state index contributed by atoms with van der Waals surface area (Å²) in [6.07, 6.45) is 2.26. The quantitative estimate of drug-likeness (QED) is 0.349. The third kappa shape index (κ3) is 3.89. The lowest BCUT2D eigenvalue weighted by atomic mass is 9.84. The maximum Gasteiger partial charge on any atom is 0.304 e. The number of carboxylic acid groups (broad SMARTS) is 1. The Balaban J connectivity index is 1.28. The van der Waals surface area contributed by atoms with Gasteiger partial charge >= 0.3 is 5.97 Å². The van der Waals surface area contributed by atoms with Gasteiger partial charge in [-0.3, -0.25) is 4.79 Å². The van der Waals surface area contributed by atoms with Gasteiger partial charge in [-0.15, -0.1) is 5.10 Å². The molecule has 0 spiro atoms. The van der Waals surface area contributed by atoms with Crippen LogP contribution in [0.1, 0.15) is 71.4 Å². The third-order valence-electron chi connectivity index (χ3n) is 9.39. The van der Waals surface area contributed by atoms with Crippen LogP contribution in [0.5, 0.6) is 0 Å². The van der Waals surface area contributed by atoms with E-state index in [9.17, 15) is 18.3 Å². The van der Waals surface area contributed by atoms with Crippen molar-refractivity contribution in [2.45, 2.75) is 61.8 Å². The van der Waals surface area contributed by atoms with E-state index in [1.165, 1.54) is 18.4 Å². The predicted octanol–water partition coefficient (Wildman–Crippen LogP) is 4.85. The monoisotopic (exact) mass is 556 g/mol. The molecule has 1 aromatic heterocycles. The van der Waals surface area contributed by atoms with Crippen LogP contribution < -0.4 is 0 Å². The van der Waals surface area contributed by atoms with Crippen LogP contribution in [0.4, 0.5) is 0 Å². The molecule has 2 unspecified atom stereocenters. The Morgan fingerprint density at radius 2 is 1.88 bits per heavy atom. The highest BCUT2D eigenvalue weighted by molar-refractivity contribution is 7.89. The second-order valence-corrected chi connectivity index (χ2v) is 13.9. The summed E-state index contributed by atoms with van der Waals surface area (Å²) in [6.45, 7) is 4.66. The fourth-order valence-corrected chi connectivity index (χ4v) is 8.55. The smallest absolute Gasteiger partial charge is 0.304 e. The van der Waals surface area contributed by atoms with Gasteiger partial charge in [-0.05, 0) is 77.1 Å². The first-order valence-electron chi connectivity index (χ1n) is 13.8. The molecule has 8 nitrogen and oxygen atoms in total. The molecule has 3 aromatic carbocycles. The number of benzene rings is 3. The number of aliphatic carboxylic acids is 1. The lowest BCUT2D eigenvalue weighted by Crippen LogP contribution is -2.38. The summed E-state index contributed by atoms with van der Waals surface area (Å²) < 4.78 is 30.5. The predicted molar refractivity (Wildman–Crippen MR) is 151 cm³/mol. The van der Waals surface area contributed by atoms with E-state index in [0.717, 1.165) is 38.9 Å². The zero-order valence-electron chi connectivity index (χ0n) is 22.8. The van der Waals surface area contributed by atoms with E-state index in [-0.39, 0.29) is 24.3 Å². The van der Waals surface area contributed by atoms with E-state index < -0.39 is 21.9 Å². The van der Waals surface area contributed by atoms with Crippen molar-refractivity contribution in [2.75, 3.05) is 6.54 Å². The summed E-state index contributed by atoms with van der Waals surface area (Å²) in [5.41, 5.74) is 7.74. The zero-order valence-corrected chi connectivity index (χ0v) is 23.6. The van der Waals surface area contributed by atoms with Gasteiger partial charge in [0.2, 0.25) is 10.0 Å². The van der Waals surface area contributed by atoms with Gasteiger partial charge in [0.25, 0.3) is 0 Å². The second kappa shape index (κ2) is 8.72. The molecule has 0 bridgehead atoms. The van der Waals surface area contributed by atoms with Crippen LogP contribution >= 0.6 is 0 Å². The Hall–Kier alpha value is -3.56. The van der Waals surface area contributed by atoms with Crippen LogP contribution in [0.25, 0.3) is 11.0 Å². The number of aryl methyl sites for hydroxylation is 2. The van der Waals surface area contributed by atoms with Crippen LogP contribution in [0.15, 0.2) is 59.5 Å². The number of carbonyl (C=O) groups is 1. The fourth-order valence-electron chi connectivity index (χ4n) is 6.72. The third-order valence-corrected chi connectivity index (χ3v) is 11.3. The van der Waals surface area contributed by atoms with Crippen molar-refractivity contribution in [1.82, 2.24) is 19.3 Å². The summed E-state index contributed by atoms with van der Waals surface area (Å²) >= 11 is 0. The lowest BCUT2D eigenvalue weighted by Gasteiger charge is -2.33. The molecule has 206 valence electrons. The van der Waals surface area contributed by atoms with E-state index in [0.29, 0.717) is 17.4 Å². The van der Waals surface area contributed by atoms with Crippen molar-refractivity contribution in [3.05, 3.63) is 88.0 Å². The molecule has 2 saturated carbocycles. The molecule has 2 atom stereocenters. The first-order chi connectivity index (χ1) is 19.1. The first kappa shape index (κ1) is 25.4. The molecule has 2 heterocycles. The summed E-state index contributed by atoms with van der Waals surface area (Å²) in [7, 11) is -1.74. The van der Waals surface area contributed by atoms with Crippen molar-refractivity contribution < 1.29 is 18.3 Å². The molecule has 2 fully saturated rings. The van der Waals surface area contributed by atoms with Gasteiger partial charge in [-0.2, -0.15) is 4.31 Å². The van der Waals surface area contributed by atoms with Gasteiger partial charge in [0.15, 0.2) is 0 Å². The molecule has 40 heavy (non-hydrogen) atoms. The van der Waals surface area contributed by atoms with Crippen molar-refractivity contribution in [3.8, 4) is 0 Å². The topological polar surface area (TPSA) is 105 Å². The summed E-state index contributed by atoms with van der Waals surface area (Å²) in [4.78, 5) is 12.5. The van der Waals surface area contributed by atoms with Gasteiger partial charge in [0.05, 0.1) is 16.8 Å². The highest BCUT2D eigenvalue weighted by Crippen LogP contribution is 2.76. The molecular formula is C31H32N4O4S. The highest BCUT2D eigenvalue weighted by Gasteiger charge is 2.71. The zero-order chi connectivity index (χ0) is 28.0. The van der Waals surface area contributed by atoms with Crippen LogP contribution in [0, 0.1) is 12.8 Å². The summed E-state index contributed by atoms with van der Waals surface area (Å²) in [5.74, 6) is -0.491. The Bertz CT molecular complexity index is 1810. The number of fused-ring (bicyclic) bond motifs is 3. The molecule has 7 rings (SSSR count).